The Bertz CT molecular complexity index is 1330. The molecule has 202 valence electrons. The average Bonchev–Trinajstić information content (AvgIpc) is 3.22. The van der Waals surface area contributed by atoms with Gasteiger partial charge in [0, 0.05) is 6.54 Å². The molecular weight excluding hydrogens is 490 g/mol. The highest BCUT2D eigenvalue weighted by Gasteiger charge is 2.43. The number of ketones is 1. The Morgan fingerprint density at radius 3 is 2.36 bits per heavy atom. The number of aliphatic hydroxyl groups excluding tert-OH is 1. The van der Waals surface area contributed by atoms with Crippen LogP contribution in [0.5, 0.6) is 11.5 Å². The van der Waals surface area contributed by atoms with Crippen molar-refractivity contribution in [2.45, 2.75) is 39.2 Å². The average molecular weight is 526 g/mol. The number of benzene rings is 3. The Hall–Kier alpha value is -4.32. The van der Waals surface area contributed by atoms with E-state index in [1.165, 1.54) is 6.08 Å². The molecule has 1 N–H and O–H groups in total. The maximum absolute atomic E-state index is 13.5. The molecule has 0 bridgehead atoms. The second-order valence-electron chi connectivity index (χ2n) is 9.35. The third kappa shape index (κ3) is 6.77. The van der Waals surface area contributed by atoms with Gasteiger partial charge in [-0.1, -0.05) is 86.2 Å². The zero-order chi connectivity index (χ0) is 27.6. The minimum absolute atomic E-state index is 0.0577. The van der Waals surface area contributed by atoms with E-state index in [-0.39, 0.29) is 5.57 Å². The number of rotatable bonds is 13. The van der Waals surface area contributed by atoms with E-state index in [0.717, 1.165) is 24.0 Å². The first-order valence-electron chi connectivity index (χ1n) is 13.5. The first kappa shape index (κ1) is 27.7. The molecule has 39 heavy (non-hydrogen) atoms. The van der Waals surface area contributed by atoms with Crippen LogP contribution in [-0.2, 0) is 16.0 Å². The summed E-state index contributed by atoms with van der Waals surface area (Å²) in [6.45, 7) is 5.32. The SMILES string of the molecule is CCCCOc1ccc(C2C(C(=O)/C=C/c3ccccc3)=C(O)C(=O)N2CCc2ccccc2)cc1OCC. The molecule has 1 heterocycles. The van der Waals surface area contributed by atoms with Crippen molar-refractivity contribution in [1.29, 1.82) is 0 Å². The topological polar surface area (TPSA) is 76.1 Å². The van der Waals surface area contributed by atoms with E-state index >= 15 is 0 Å². The van der Waals surface area contributed by atoms with Gasteiger partial charge >= 0.3 is 0 Å². The molecular formula is C33H35NO5. The fourth-order valence-corrected chi connectivity index (χ4v) is 4.61. The largest absolute Gasteiger partial charge is 0.503 e. The van der Waals surface area contributed by atoms with Crippen LogP contribution in [0.15, 0.2) is 96.3 Å². The van der Waals surface area contributed by atoms with Crippen molar-refractivity contribution in [2.24, 2.45) is 0 Å². The van der Waals surface area contributed by atoms with Gasteiger partial charge in [-0.25, -0.2) is 0 Å². The van der Waals surface area contributed by atoms with Gasteiger partial charge in [-0.15, -0.1) is 0 Å². The molecule has 0 saturated heterocycles. The van der Waals surface area contributed by atoms with Crippen LogP contribution in [0.1, 0.15) is 49.4 Å². The summed E-state index contributed by atoms with van der Waals surface area (Å²) in [7, 11) is 0. The van der Waals surface area contributed by atoms with E-state index in [2.05, 4.69) is 6.92 Å². The monoisotopic (exact) mass is 525 g/mol. The molecule has 0 spiro atoms. The lowest BCUT2D eigenvalue weighted by Gasteiger charge is -2.27. The summed E-state index contributed by atoms with van der Waals surface area (Å²) < 4.78 is 11.8. The maximum Gasteiger partial charge on any atom is 0.290 e. The molecule has 0 radical (unpaired) electrons. The van der Waals surface area contributed by atoms with Crippen molar-refractivity contribution >= 4 is 17.8 Å². The van der Waals surface area contributed by atoms with Crippen LogP contribution in [-0.4, -0.2) is 41.5 Å². The first-order valence-corrected chi connectivity index (χ1v) is 13.5. The fraction of sp³-hybridized carbons (Fsp3) is 0.273. The van der Waals surface area contributed by atoms with Crippen molar-refractivity contribution in [3.05, 3.63) is 113 Å². The minimum Gasteiger partial charge on any atom is -0.503 e. The van der Waals surface area contributed by atoms with Gasteiger partial charge in [0.15, 0.2) is 23.0 Å². The number of nitrogens with zero attached hydrogens (tertiary/aromatic N) is 1. The first-order chi connectivity index (χ1) is 19.0. The van der Waals surface area contributed by atoms with Gasteiger partial charge in [-0.3, -0.25) is 9.59 Å². The van der Waals surface area contributed by atoms with Crippen LogP contribution in [0, 0.1) is 0 Å². The third-order valence-corrected chi connectivity index (χ3v) is 6.62. The molecule has 0 aromatic heterocycles. The van der Waals surface area contributed by atoms with Crippen molar-refractivity contribution in [1.82, 2.24) is 4.90 Å². The highest BCUT2D eigenvalue weighted by molar-refractivity contribution is 6.14. The minimum atomic E-state index is -0.766. The Morgan fingerprint density at radius 1 is 0.949 bits per heavy atom. The summed E-state index contributed by atoms with van der Waals surface area (Å²) in [6.07, 6.45) is 5.60. The zero-order valence-corrected chi connectivity index (χ0v) is 22.5. The van der Waals surface area contributed by atoms with Crippen molar-refractivity contribution in [3.8, 4) is 11.5 Å². The lowest BCUT2D eigenvalue weighted by atomic mass is 9.95. The Morgan fingerprint density at radius 2 is 1.67 bits per heavy atom. The molecule has 1 aliphatic rings. The van der Waals surface area contributed by atoms with Crippen molar-refractivity contribution < 1.29 is 24.2 Å². The molecule has 6 heteroatoms. The van der Waals surface area contributed by atoms with Crippen LogP contribution in [0.3, 0.4) is 0 Å². The van der Waals surface area contributed by atoms with Gasteiger partial charge in [-0.05, 0) is 54.7 Å². The second-order valence-corrected chi connectivity index (χ2v) is 9.35. The molecule has 1 aliphatic heterocycles. The summed E-state index contributed by atoms with van der Waals surface area (Å²) in [5.74, 6) is -0.345. The molecule has 1 atom stereocenters. The molecule has 1 unspecified atom stereocenters. The number of amides is 1. The molecule has 3 aromatic carbocycles. The number of allylic oxidation sites excluding steroid dienone is 1. The summed E-state index contributed by atoms with van der Waals surface area (Å²) in [4.78, 5) is 28.4. The lowest BCUT2D eigenvalue weighted by Crippen LogP contribution is -2.33. The number of aliphatic hydroxyl groups is 1. The lowest BCUT2D eigenvalue weighted by molar-refractivity contribution is -0.129. The molecule has 1 amide bonds. The van der Waals surface area contributed by atoms with Gasteiger partial charge in [-0.2, -0.15) is 0 Å². The van der Waals surface area contributed by atoms with Crippen LogP contribution < -0.4 is 9.47 Å². The Kier molecular flexibility index (Phi) is 9.57. The number of hydrogen-bond acceptors (Lipinski definition) is 5. The van der Waals surface area contributed by atoms with Gasteiger partial charge in [0.1, 0.15) is 0 Å². The van der Waals surface area contributed by atoms with E-state index in [4.69, 9.17) is 9.47 Å². The molecule has 0 aliphatic carbocycles. The second kappa shape index (κ2) is 13.5. The normalized spacial score (nSPS) is 15.3. The smallest absolute Gasteiger partial charge is 0.290 e. The number of carbonyl (C=O) groups excluding carboxylic acids is 2. The number of unbranched alkanes of at least 4 members (excludes halogenated alkanes) is 1. The number of ether oxygens (including phenoxy) is 2. The number of carbonyl (C=O) groups is 2. The molecule has 6 nitrogen and oxygen atoms in total. The van der Waals surface area contributed by atoms with E-state index in [9.17, 15) is 14.7 Å². The maximum atomic E-state index is 13.5. The standard InChI is InChI=1S/C33H35NO5/c1-3-5-22-39-28-19-17-26(23-29(28)38-4-2)31-30(27(35)18-16-24-12-8-6-9-13-24)32(36)33(37)34(31)21-20-25-14-10-7-11-15-25/h6-19,23,31,36H,3-5,20-22H2,1-2H3/b18-16+. The van der Waals surface area contributed by atoms with E-state index < -0.39 is 23.5 Å². The molecule has 3 aromatic rings. The number of hydrogen-bond donors (Lipinski definition) is 1. The molecule has 0 saturated carbocycles. The molecule has 0 fully saturated rings. The van der Waals surface area contributed by atoms with E-state index in [1.807, 2.05) is 85.8 Å². The predicted octanol–water partition coefficient (Wildman–Crippen LogP) is 6.48. The Labute approximate surface area is 230 Å². The van der Waals surface area contributed by atoms with Gasteiger partial charge < -0.3 is 19.5 Å². The summed E-state index contributed by atoms with van der Waals surface area (Å²) >= 11 is 0. The molecule has 4 rings (SSSR count). The predicted molar refractivity (Wildman–Crippen MR) is 153 cm³/mol. The summed E-state index contributed by atoms with van der Waals surface area (Å²) in [6, 6.07) is 23.9. The van der Waals surface area contributed by atoms with Gasteiger partial charge in [0.2, 0.25) is 0 Å². The van der Waals surface area contributed by atoms with Gasteiger partial charge in [0.25, 0.3) is 5.91 Å². The van der Waals surface area contributed by atoms with E-state index in [0.29, 0.717) is 43.2 Å². The third-order valence-electron chi connectivity index (χ3n) is 6.62. The van der Waals surface area contributed by atoms with Crippen LogP contribution in [0.4, 0.5) is 0 Å². The fourth-order valence-electron chi connectivity index (χ4n) is 4.61. The quantitative estimate of drug-likeness (QED) is 0.204. The Balaban J connectivity index is 1.70. The van der Waals surface area contributed by atoms with Gasteiger partial charge in [0.05, 0.1) is 24.8 Å². The highest BCUT2D eigenvalue weighted by Crippen LogP contribution is 2.41. The van der Waals surface area contributed by atoms with Crippen molar-refractivity contribution in [2.75, 3.05) is 19.8 Å². The zero-order valence-electron chi connectivity index (χ0n) is 22.5. The van der Waals surface area contributed by atoms with E-state index in [1.54, 1.807) is 11.0 Å². The van der Waals surface area contributed by atoms with Crippen LogP contribution in [0.25, 0.3) is 6.08 Å². The van der Waals surface area contributed by atoms with Crippen LogP contribution >= 0.6 is 0 Å². The summed E-state index contributed by atoms with van der Waals surface area (Å²) in [5, 5.41) is 11.0. The van der Waals surface area contributed by atoms with Crippen LogP contribution in [0.2, 0.25) is 0 Å². The van der Waals surface area contributed by atoms with Crippen molar-refractivity contribution in [3.63, 3.8) is 0 Å². The summed E-state index contributed by atoms with van der Waals surface area (Å²) in [5.41, 5.74) is 2.63. The highest BCUT2D eigenvalue weighted by atomic mass is 16.5.